The second-order valence-electron chi connectivity index (χ2n) is 7.87. The number of aryl methyl sites for hydroxylation is 1. The molecule has 28 heavy (non-hydrogen) atoms. The number of amides is 1. The van der Waals surface area contributed by atoms with Crippen LogP contribution in [0.25, 0.3) is 0 Å². The molecule has 2 fully saturated rings. The Hall–Kier alpha value is -2.04. The zero-order valence-corrected chi connectivity index (χ0v) is 17.4. The van der Waals surface area contributed by atoms with Gasteiger partial charge in [0.05, 0.1) is 7.11 Å². The van der Waals surface area contributed by atoms with Gasteiger partial charge >= 0.3 is 0 Å². The lowest BCUT2D eigenvalue weighted by molar-refractivity contribution is -0.130. The third-order valence-electron chi connectivity index (χ3n) is 6.15. The molecule has 0 spiro atoms. The van der Waals surface area contributed by atoms with Gasteiger partial charge in [-0.1, -0.05) is 42.5 Å². The average molecular weight is 401 g/mol. The molecule has 0 aliphatic carbocycles. The van der Waals surface area contributed by atoms with Gasteiger partial charge in [-0.25, -0.2) is 0 Å². The maximum Gasteiger partial charge on any atom is 0.222 e. The molecule has 3 atom stereocenters. The van der Waals surface area contributed by atoms with Crippen molar-refractivity contribution < 1.29 is 9.53 Å². The van der Waals surface area contributed by atoms with E-state index in [9.17, 15) is 4.79 Å². The van der Waals surface area contributed by atoms with E-state index in [1.165, 1.54) is 5.56 Å². The summed E-state index contributed by atoms with van der Waals surface area (Å²) < 4.78 is 5.28. The summed E-state index contributed by atoms with van der Waals surface area (Å²) in [6.07, 6.45) is 1.34. The quantitative estimate of drug-likeness (QED) is 0.765. The number of hydrogen-bond donors (Lipinski definition) is 0. The van der Waals surface area contributed by atoms with Gasteiger partial charge in [-0.2, -0.15) is 0 Å². The second kappa shape index (κ2) is 8.97. The van der Waals surface area contributed by atoms with Gasteiger partial charge in [0.1, 0.15) is 5.75 Å². The first-order chi connectivity index (χ1) is 13.2. The van der Waals surface area contributed by atoms with Crippen molar-refractivity contribution in [1.82, 2.24) is 9.80 Å². The third kappa shape index (κ3) is 4.18. The highest BCUT2D eigenvalue weighted by Gasteiger charge is 2.46. The van der Waals surface area contributed by atoms with Gasteiger partial charge in [0.25, 0.3) is 0 Å². The van der Waals surface area contributed by atoms with E-state index in [0.29, 0.717) is 24.3 Å². The summed E-state index contributed by atoms with van der Waals surface area (Å²) in [6.45, 7) is 2.85. The smallest absolute Gasteiger partial charge is 0.222 e. The molecule has 1 amide bonds. The molecule has 2 aromatic carbocycles. The van der Waals surface area contributed by atoms with Crippen LogP contribution in [0.1, 0.15) is 23.6 Å². The summed E-state index contributed by atoms with van der Waals surface area (Å²) in [6, 6.07) is 19.2. The molecule has 4 rings (SSSR count). The number of carbonyl (C=O) groups is 1. The molecule has 0 bridgehead atoms. The van der Waals surface area contributed by atoms with Crippen molar-refractivity contribution in [2.24, 2.45) is 11.8 Å². The predicted octanol–water partition coefficient (Wildman–Crippen LogP) is 3.81. The first kappa shape index (κ1) is 20.7. The van der Waals surface area contributed by atoms with Crippen molar-refractivity contribution in [3.63, 3.8) is 0 Å². The summed E-state index contributed by atoms with van der Waals surface area (Å²) >= 11 is 0. The maximum absolute atomic E-state index is 12.8. The maximum atomic E-state index is 12.8. The highest BCUT2D eigenvalue weighted by atomic mass is 35.5. The van der Waals surface area contributed by atoms with Crippen LogP contribution < -0.4 is 4.74 Å². The molecule has 4 nitrogen and oxygen atoms in total. The topological polar surface area (TPSA) is 32.8 Å². The fraction of sp³-hybridized carbons (Fsp3) is 0.435. The summed E-state index contributed by atoms with van der Waals surface area (Å²) in [5.74, 6) is 2.25. The van der Waals surface area contributed by atoms with E-state index in [4.69, 9.17) is 4.74 Å². The monoisotopic (exact) mass is 400 g/mol. The van der Waals surface area contributed by atoms with Crippen LogP contribution in [-0.4, -0.2) is 49.5 Å². The number of methoxy groups -OCH3 is 1. The van der Waals surface area contributed by atoms with E-state index in [-0.39, 0.29) is 18.3 Å². The average Bonchev–Trinajstić information content (AvgIpc) is 3.23. The first-order valence-electron chi connectivity index (χ1n) is 9.81. The van der Waals surface area contributed by atoms with E-state index >= 15 is 0 Å². The Kier molecular flexibility index (Phi) is 6.63. The molecule has 0 saturated carbocycles. The molecule has 0 radical (unpaired) electrons. The number of nitrogens with zero attached hydrogens (tertiary/aromatic N) is 2. The van der Waals surface area contributed by atoms with Crippen molar-refractivity contribution in [2.45, 2.75) is 18.9 Å². The predicted molar refractivity (Wildman–Crippen MR) is 114 cm³/mol. The molecule has 2 aromatic rings. The Morgan fingerprint density at radius 2 is 1.86 bits per heavy atom. The van der Waals surface area contributed by atoms with Crippen molar-refractivity contribution in [2.75, 3.05) is 33.8 Å². The summed E-state index contributed by atoms with van der Waals surface area (Å²) in [7, 11) is 3.89. The molecular weight excluding hydrogens is 372 g/mol. The largest absolute Gasteiger partial charge is 0.497 e. The van der Waals surface area contributed by atoms with Crippen molar-refractivity contribution >= 4 is 18.3 Å². The van der Waals surface area contributed by atoms with Gasteiger partial charge in [0.2, 0.25) is 5.91 Å². The molecule has 0 unspecified atom stereocenters. The Morgan fingerprint density at radius 1 is 1.07 bits per heavy atom. The van der Waals surface area contributed by atoms with Gasteiger partial charge < -0.3 is 9.64 Å². The lowest BCUT2D eigenvalue weighted by Gasteiger charge is -2.27. The molecule has 150 valence electrons. The van der Waals surface area contributed by atoms with Gasteiger partial charge in [-0.15, -0.1) is 12.4 Å². The lowest BCUT2D eigenvalue weighted by Crippen LogP contribution is -2.33. The normalized spacial score (nSPS) is 23.9. The molecule has 5 heteroatoms. The van der Waals surface area contributed by atoms with Crippen LogP contribution in [0.4, 0.5) is 0 Å². The lowest BCUT2D eigenvalue weighted by atomic mass is 9.90. The fourth-order valence-electron chi connectivity index (χ4n) is 4.85. The molecule has 0 N–H and O–H groups in total. The van der Waals surface area contributed by atoms with Crippen LogP contribution in [0.2, 0.25) is 0 Å². The number of benzene rings is 2. The Balaban J connectivity index is 0.00000225. The van der Waals surface area contributed by atoms with Crippen molar-refractivity contribution in [3.8, 4) is 5.75 Å². The van der Waals surface area contributed by atoms with Gasteiger partial charge in [-0.05, 0) is 42.6 Å². The standard InChI is InChI=1S/C23H28N2O2.ClH/c1-24-14-19-15-25(16-21(19)23(24)18-8-4-3-5-9-18)22(26)12-11-17-7-6-10-20(13-17)27-2;/h3-10,13,19,21,23H,11-12,14-16H2,1-2H3;1H/t19-,21+,23-;/m0./s1. The van der Waals surface area contributed by atoms with E-state index < -0.39 is 0 Å². The van der Waals surface area contributed by atoms with Crippen LogP contribution in [0, 0.1) is 11.8 Å². The Bertz CT molecular complexity index is 798. The molecular formula is C23H29ClN2O2. The Morgan fingerprint density at radius 3 is 2.61 bits per heavy atom. The fourth-order valence-corrected chi connectivity index (χ4v) is 4.85. The summed E-state index contributed by atoms with van der Waals surface area (Å²) in [4.78, 5) is 17.4. The highest BCUT2D eigenvalue weighted by molar-refractivity contribution is 5.85. The number of hydrogen-bond acceptors (Lipinski definition) is 3. The minimum Gasteiger partial charge on any atom is -0.497 e. The number of ether oxygens (including phenoxy) is 1. The molecule has 2 aliphatic rings. The van der Waals surface area contributed by atoms with Crippen LogP contribution >= 0.6 is 12.4 Å². The van der Waals surface area contributed by atoms with Gasteiger partial charge in [0.15, 0.2) is 0 Å². The van der Waals surface area contributed by atoms with Gasteiger partial charge in [-0.3, -0.25) is 9.69 Å². The molecule has 2 heterocycles. The summed E-state index contributed by atoms with van der Waals surface area (Å²) in [5.41, 5.74) is 2.53. The Labute approximate surface area is 173 Å². The number of rotatable bonds is 5. The van der Waals surface area contributed by atoms with Crippen LogP contribution in [0.3, 0.4) is 0 Å². The minimum atomic E-state index is 0. The number of fused-ring (bicyclic) bond motifs is 1. The number of likely N-dealkylation sites (tertiary alicyclic amines) is 2. The van der Waals surface area contributed by atoms with E-state index in [0.717, 1.165) is 37.4 Å². The second-order valence-corrected chi connectivity index (χ2v) is 7.87. The minimum absolute atomic E-state index is 0. The SMILES string of the molecule is COc1cccc(CCC(=O)N2C[C@@H]3CN(C)[C@@H](c4ccccc4)[C@@H]3C2)c1.Cl. The number of halogens is 1. The molecule has 0 aromatic heterocycles. The zero-order valence-electron chi connectivity index (χ0n) is 16.6. The van der Waals surface area contributed by atoms with Gasteiger partial charge in [0, 0.05) is 38.0 Å². The molecule has 2 aliphatic heterocycles. The number of carbonyl (C=O) groups excluding carboxylic acids is 1. The summed E-state index contributed by atoms with van der Waals surface area (Å²) in [5, 5.41) is 0. The van der Waals surface area contributed by atoms with Crippen LogP contribution in [0.5, 0.6) is 5.75 Å². The van der Waals surface area contributed by atoms with E-state index in [1.807, 2.05) is 18.2 Å². The zero-order chi connectivity index (χ0) is 18.8. The van der Waals surface area contributed by atoms with E-state index in [2.05, 4.69) is 53.2 Å². The third-order valence-corrected chi connectivity index (χ3v) is 6.15. The highest BCUT2D eigenvalue weighted by Crippen LogP contribution is 2.44. The van der Waals surface area contributed by atoms with Crippen molar-refractivity contribution in [3.05, 3.63) is 65.7 Å². The van der Waals surface area contributed by atoms with Crippen LogP contribution in [-0.2, 0) is 11.2 Å². The first-order valence-corrected chi connectivity index (χ1v) is 9.81. The molecule has 2 saturated heterocycles. The van der Waals surface area contributed by atoms with Crippen LogP contribution in [0.15, 0.2) is 54.6 Å². The van der Waals surface area contributed by atoms with E-state index in [1.54, 1.807) is 7.11 Å². The van der Waals surface area contributed by atoms with Crippen molar-refractivity contribution in [1.29, 1.82) is 0 Å².